The zero-order chi connectivity index (χ0) is 14.3. The van der Waals surface area contributed by atoms with Gasteiger partial charge in [0.2, 0.25) is 0 Å². The molecule has 1 aliphatic heterocycles. The van der Waals surface area contributed by atoms with Crippen LogP contribution in [0.15, 0.2) is 29.2 Å². The standard InChI is InChI=1S/C12H16N2O4S/c1-9-5-4-8-14(9,12(15)16)19(17,18)11-7-3-2-6-10(11)13/h2-3,6-7,9H,4-5,8,13H2,1H3/p+1/t9-,14?/m1/s1. The maximum atomic E-state index is 12.7. The Balaban J connectivity index is 2.67. The number of para-hydroxylation sites is 1. The number of nitrogens with zero attached hydrogens (tertiary/aromatic N) is 1. The average molecular weight is 285 g/mol. The number of quaternary nitrogens is 1. The van der Waals surface area contributed by atoms with Gasteiger partial charge in [-0.1, -0.05) is 12.1 Å². The van der Waals surface area contributed by atoms with Crippen LogP contribution in [0.2, 0.25) is 0 Å². The second-order valence-electron chi connectivity index (χ2n) is 4.81. The minimum Gasteiger partial charge on any atom is -0.435 e. The van der Waals surface area contributed by atoms with Crippen LogP contribution in [0, 0.1) is 0 Å². The topological polar surface area (TPSA) is 97.5 Å². The Labute approximate surface area is 112 Å². The van der Waals surface area contributed by atoms with Gasteiger partial charge in [0.1, 0.15) is 17.5 Å². The first kappa shape index (κ1) is 13.8. The van der Waals surface area contributed by atoms with Crippen LogP contribution < -0.4 is 5.73 Å². The molecule has 1 fully saturated rings. The van der Waals surface area contributed by atoms with Crippen LogP contribution in [0.25, 0.3) is 0 Å². The molecule has 0 bridgehead atoms. The van der Waals surface area contributed by atoms with Gasteiger partial charge >= 0.3 is 16.1 Å². The number of amides is 1. The van der Waals surface area contributed by atoms with Gasteiger partial charge < -0.3 is 10.8 Å². The summed E-state index contributed by atoms with van der Waals surface area (Å²) in [4.78, 5) is 11.5. The second-order valence-corrected chi connectivity index (χ2v) is 6.85. The molecule has 7 heteroatoms. The number of hydrogen-bond acceptors (Lipinski definition) is 4. The molecule has 0 radical (unpaired) electrons. The summed E-state index contributed by atoms with van der Waals surface area (Å²) in [6, 6.07) is 5.50. The SMILES string of the molecule is C[C@@H]1CCC[N+]1(C(=O)O)S(=O)(=O)c1ccccc1N. The van der Waals surface area contributed by atoms with E-state index in [-0.39, 0.29) is 17.1 Å². The molecule has 1 saturated heterocycles. The van der Waals surface area contributed by atoms with E-state index >= 15 is 0 Å². The van der Waals surface area contributed by atoms with E-state index in [1.54, 1.807) is 19.1 Å². The highest BCUT2D eigenvalue weighted by molar-refractivity contribution is 7.86. The summed E-state index contributed by atoms with van der Waals surface area (Å²) < 4.78 is 24.5. The van der Waals surface area contributed by atoms with Gasteiger partial charge in [-0.25, -0.2) is 0 Å². The van der Waals surface area contributed by atoms with Crippen LogP contribution in [0.3, 0.4) is 0 Å². The molecule has 1 unspecified atom stereocenters. The molecule has 1 aliphatic rings. The largest absolute Gasteiger partial charge is 0.529 e. The Morgan fingerprint density at radius 2 is 2.05 bits per heavy atom. The number of hydrogen-bond donors (Lipinski definition) is 2. The number of benzene rings is 1. The number of nitrogens with two attached hydrogens (primary N) is 1. The van der Waals surface area contributed by atoms with Crippen LogP contribution >= 0.6 is 0 Å². The van der Waals surface area contributed by atoms with Crippen LogP contribution in [-0.4, -0.2) is 36.1 Å². The van der Waals surface area contributed by atoms with E-state index in [1.807, 2.05) is 0 Å². The third-order valence-electron chi connectivity index (χ3n) is 3.77. The summed E-state index contributed by atoms with van der Waals surface area (Å²) in [5.74, 6) is 0. The molecule has 0 aliphatic carbocycles. The van der Waals surface area contributed by atoms with E-state index in [2.05, 4.69) is 0 Å². The maximum absolute atomic E-state index is 12.7. The van der Waals surface area contributed by atoms with Crippen molar-refractivity contribution in [2.24, 2.45) is 0 Å². The van der Waals surface area contributed by atoms with E-state index < -0.39 is 26.0 Å². The van der Waals surface area contributed by atoms with Crippen molar-refractivity contribution >= 4 is 21.8 Å². The first-order valence-corrected chi connectivity index (χ1v) is 7.49. The van der Waals surface area contributed by atoms with Crippen molar-refractivity contribution in [3.63, 3.8) is 0 Å². The summed E-state index contributed by atoms with van der Waals surface area (Å²) in [7, 11) is -4.07. The van der Waals surface area contributed by atoms with E-state index in [0.29, 0.717) is 12.8 Å². The molecule has 19 heavy (non-hydrogen) atoms. The quantitative estimate of drug-likeness (QED) is 0.636. The van der Waals surface area contributed by atoms with E-state index in [0.717, 1.165) is 0 Å². The van der Waals surface area contributed by atoms with E-state index in [9.17, 15) is 18.3 Å². The highest BCUT2D eigenvalue weighted by Gasteiger charge is 2.57. The maximum Gasteiger partial charge on any atom is 0.529 e. The molecule has 2 atom stereocenters. The van der Waals surface area contributed by atoms with Crippen molar-refractivity contribution in [2.75, 3.05) is 12.3 Å². The zero-order valence-corrected chi connectivity index (χ0v) is 11.4. The minimum absolute atomic E-state index is 0.0766. The Kier molecular flexibility index (Phi) is 3.27. The normalized spacial score (nSPS) is 27.3. The lowest BCUT2D eigenvalue weighted by Gasteiger charge is -2.31. The summed E-state index contributed by atoms with van der Waals surface area (Å²) >= 11 is 0. The fraction of sp³-hybridized carbons (Fsp3) is 0.417. The van der Waals surface area contributed by atoms with Gasteiger partial charge in [0.25, 0.3) is 0 Å². The molecule has 1 aromatic carbocycles. The minimum atomic E-state index is -4.07. The molecule has 1 heterocycles. The fourth-order valence-electron chi connectivity index (χ4n) is 2.69. The molecule has 1 aromatic rings. The number of rotatable bonds is 2. The zero-order valence-electron chi connectivity index (χ0n) is 10.6. The number of anilines is 1. The summed E-state index contributed by atoms with van der Waals surface area (Å²) in [6.45, 7) is 1.73. The molecule has 0 spiro atoms. The van der Waals surface area contributed by atoms with Crippen LogP contribution in [0.5, 0.6) is 0 Å². The van der Waals surface area contributed by atoms with Crippen molar-refractivity contribution in [3.05, 3.63) is 24.3 Å². The fourth-order valence-corrected chi connectivity index (χ4v) is 4.81. The first-order chi connectivity index (χ1) is 8.84. The van der Waals surface area contributed by atoms with Gasteiger partial charge in [-0.05, 0) is 19.1 Å². The molecule has 1 amide bonds. The van der Waals surface area contributed by atoms with Gasteiger partial charge in [-0.15, -0.1) is 3.89 Å². The predicted octanol–water partition coefficient (Wildman–Crippen LogP) is 1.63. The van der Waals surface area contributed by atoms with Crippen molar-refractivity contribution in [2.45, 2.75) is 30.7 Å². The van der Waals surface area contributed by atoms with Gasteiger partial charge in [0, 0.05) is 12.8 Å². The van der Waals surface area contributed by atoms with Gasteiger partial charge in [0.15, 0.2) is 0 Å². The van der Waals surface area contributed by atoms with E-state index in [1.165, 1.54) is 12.1 Å². The number of nitrogen functional groups attached to an aromatic ring is 1. The summed E-state index contributed by atoms with van der Waals surface area (Å²) in [5.41, 5.74) is 5.78. The summed E-state index contributed by atoms with van der Waals surface area (Å²) in [5, 5.41) is 9.47. The number of carbonyl (C=O) groups is 1. The van der Waals surface area contributed by atoms with Crippen LogP contribution in [0.4, 0.5) is 10.5 Å². The molecule has 0 aromatic heterocycles. The second kappa shape index (κ2) is 4.50. The molecule has 0 saturated carbocycles. The van der Waals surface area contributed by atoms with Crippen molar-refractivity contribution < 1.29 is 22.2 Å². The lowest BCUT2D eigenvalue weighted by Crippen LogP contribution is -2.58. The molecule has 104 valence electrons. The number of sulfonamides is 1. The third-order valence-corrected chi connectivity index (χ3v) is 6.26. The van der Waals surface area contributed by atoms with Crippen molar-refractivity contribution in [1.82, 2.24) is 0 Å². The van der Waals surface area contributed by atoms with Crippen molar-refractivity contribution in [1.29, 1.82) is 0 Å². The molecule has 3 N–H and O–H groups in total. The van der Waals surface area contributed by atoms with E-state index in [4.69, 9.17) is 5.73 Å². The Morgan fingerprint density at radius 1 is 1.42 bits per heavy atom. The Hall–Kier alpha value is -1.60. The molecule has 2 rings (SSSR count). The molecular weight excluding hydrogens is 268 g/mol. The monoisotopic (exact) mass is 285 g/mol. The highest BCUT2D eigenvalue weighted by Crippen LogP contribution is 2.37. The van der Waals surface area contributed by atoms with Crippen LogP contribution in [-0.2, 0) is 10.0 Å². The average Bonchev–Trinajstić information content (AvgIpc) is 2.72. The predicted molar refractivity (Wildman–Crippen MR) is 69.9 cm³/mol. The van der Waals surface area contributed by atoms with Crippen LogP contribution in [0.1, 0.15) is 19.8 Å². The number of carboxylic acid groups (broad SMARTS) is 1. The lowest BCUT2D eigenvalue weighted by atomic mass is 10.2. The van der Waals surface area contributed by atoms with Gasteiger partial charge in [0.05, 0.1) is 5.69 Å². The smallest absolute Gasteiger partial charge is 0.435 e. The first-order valence-electron chi connectivity index (χ1n) is 6.05. The summed E-state index contributed by atoms with van der Waals surface area (Å²) in [6.07, 6.45) is -0.203. The Morgan fingerprint density at radius 3 is 2.53 bits per heavy atom. The molecule has 6 nitrogen and oxygen atoms in total. The van der Waals surface area contributed by atoms with Gasteiger partial charge in [-0.3, -0.25) is 0 Å². The molecular formula is C12H17N2O4S+. The third kappa shape index (κ3) is 1.81. The highest BCUT2D eigenvalue weighted by atomic mass is 32.2. The van der Waals surface area contributed by atoms with Gasteiger partial charge in [-0.2, -0.15) is 13.2 Å². The lowest BCUT2D eigenvalue weighted by molar-refractivity contribution is -0.741. The number of likely N-dealkylation sites (tertiary alicyclic amines) is 1. The Bertz CT molecular complexity index is 614. The van der Waals surface area contributed by atoms with Crippen molar-refractivity contribution in [3.8, 4) is 0 Å².